The van der Waals surface area contributed by atoms with E-state index in [0.717, 1.165) is 49.1 Å². The molecule has 144 valence electrons. The van der Waals surface area contributed by atoms with Gasteiger partial charge in [-0.2, -0.15) is 0 Å². The number of aromatic nitrogens is 2. The van der Waals surface area contributed by atoms with Crippen LogP contribution in [0.5, 0.6) is 0 Å². The van der Waals surface area contributed by atoms with Crippen LogP contribution in [-0.4, -0.2) is 60.4 Å². The van der Waals surface area contributed by atoms with Crippen LogP contribution >= 0.6 is 0 Å². The molecule has 1 saturated heterocycles. The average molecular weight is 368 g/mol. The second-order valence-electron chi connectivity index (χ2n) is 6.64. The number of urea groups is 1. The number of anilines is 3. The molecule has 2 aromatic rings. The number of aryl methyl sites for hydroxylation is 1. The molecule has 0 radical (unpaired) electrons. The normalized spacial score (nSPS) is 14.2. The Morgan fingerprint density at radius 1 is 1.04 bits per heavy atom. The minimum Gasteiger partial charge on any atom is -0.356 e. The van der Waals surface area contributed by atoms with Gasteiger partial charge in [-0.1, -0.05) is 18.2 Å². The first-order valence-electron chi connectivity index (χ1n) is 9.57. The van der Waals surface area contributed by atoms with Crippen LogP contribution in [0.2, 0.25) is 0 Å². The van der Waals surface area contributed by atoms with Gasteiger partial charge in [-0.25, -0.2) is 4.79 Å². The van der Waals surface area contributed by atoms with Crippen molar-refractivity contribution in [3.63, 3.8) is 0 Å². The summed E-state index contributed by atoms with van der Waals surface area (Å²) in [6, 6.07) is 11.8. The van der Waals surface area contributed by atoms with Gasteiger partial charge in [-0.15, -0.1) is 10.2 Å². The molecule has 7 nitrogen and oxygen atoms in total. The van der Waals surface area contributed by atoms with Gasteiger partial charge in [-0.05, 0) is 44.5 Å². The van der Waals surface area contributed by atoms with Crippen LogP contribution in [0.4, 0.5) is 22.1 Å². The fourth-order valence-corrected chi connectivity index (χ4v) is 3.25. The minimum absolute atomic E-state index is 0.0492. The number of nitrogens with one attached hydrogen (secondary N) is 1. The van der Waals surface area contributed by atoms with Gasteiger partial charge in [0.2, 0.25) is 0 Å². The molecule has 2 heterocycles. The van der Waals surface area contributed by atoms with Crippen molar-refractivity contribution in [1.82, 2.24) is 15.1 Å². The zero-order chi connectivity index (χ0) is 19.2. The second kappa shape index (κ2) is 8.70. The van der Waals surface area contributed by atoms with E-state index in [1.54, 1.807) is 0 Å². The highest BCUT2D eigenvalue weighted by Gasteiger charge is 2.22. The molecule has 0 atom stereocenters. The predicted octanol–water partition coefficient (Wildman–Crippen LogP) is 2.99. The smallest absolute Gasteiger partial charge is 0.321 e. The molecule has 0 aliphatic carbocycles. The van der Waals surface area contributed by atoms with E-state index in [0.29, 0.717) is 13.1 Å². The maximum atomic E-state index is 12.5. The maximum Gasteiger partial charge on any atom is 0.321 e. The summed E-state index contributed by atoms with van der Waals surface area (Å²) in [4.78, 5) is 18.7. The Labute approximate surface area is 161 Å². The van der Waals surface area contributed by atoms with E-state index in [2.05, 4.69) is 39.2 Å². The van der Waals surface area contributed by atoms with Crippen molar-refractivity contribution in [3.8, 4) is 0 Å². The van der Waals surface area contributed by atoms with E-state index < -0.39 is 0 Å². The third-order valence-electron chi connectivity index (χ3n) is 5.00. The van der Waals surface area contributed by atoms with Crippen LogP contribution < -0.4 is 15.1 Å². The first-order valence-corrected chi connectivity index (χ1v) is 9.57. The number of rotatable bonds is 5. The van der Waals surface area contributed by atoms with Crippen LogP contribution in [0.15, 0.2) is 36.4 Å². The van der Waals surface area contributed by atoms with Gasteiger partial charge in [0.05, 0.1) is 0 Å². The second-order valence-corrected chi connectivity index (χ2v) is 6.64. The Morgan fingerprint density at radius 2 is 1.74 bits per heavy atom. The zero-order valence-electron chi connectivity index (χ0n) is 16.4. The van der Waals surface area contributed by atoms with E-state index in [9.17, 15) is 4.79 Å². The minimum atomic E-state index is -0.0492. The molecule has 1 aromatic carbocycles. The lowest BCUT2D eigenvalue weighted by atomic mass is 10.2. The zero-order valence-corrected chi connectivity index (χ0v) is 16.4. The molecule has 3 rings (SSSR count). The lowest BCUT2D eigenvalue weighted by molar-refractivity contribution is 0.208. The number of amides is 2. The first-order chi connectivity index (χ1) is 13.1. The van der Waals surface area contributed by atoms with E-state index >= 15 is 0 Å². The van der Waals surface area contributed by atoms with Crippen LogP contribution in [0.3, 0.4) is 0 Å². The van der Waals surface area contributed by atoms with Gasteiger partial charge in [0, 0.05) is 45.0 Å². The van der Waals surface area contributed by atoms with Crippen LogP contribution in [-0.2, 0) is 0 Å². The molecule has 27 heavy (non-hydrogen) atoms. The highest BCUT2D eigenvalue weighted by atomic mass is 16.2. The summed E-state index contributed by atoms with van der Waals surface area (Å²) in [6.45, 7) is 10.9. The third-order valence-corrected chi connectivity index (χ3v) is 5.00. The fraction of sp³-hybridized carbons (Fsp3) is 0.450. The quantitative estimate of drug-likeness (QED) is 0.879. The molecule has 1 aromatic heterocycles. The largest absolute Gasteiger partial charge is 0.356 e. The SMILES string of the molecule is CCN(CC)c1ccc(N2CCN(C(=O)Nc3ccccc3C)CC2)nn1. The highest BCUT2D eigenvalue weighted by molar-refractivity contribution is 5.90. The van der Waals surface area contributed by atoms with Crippen molar-refractivity contribution in [2.75, 3.05) is 54.4 Å². The lowest BCUT2D eigenvalue weighted by Gasteiger charge is -2.35. The van der Waals surface area contributed by atoms with Gasteiger partial charge in [0.25, 0.3) is 0 Å². The lowest BCUT2D eigenvalue weighted by Crippen LogP contribution is -2.50. The summed E-state index contributed by atoms with van der Waals surface area (Å²) in [5, 5.41) is 11.7. The molecule has 1 N–H and O–H groups in total. The molecule has 0 bridgehead atoms. The molecule has 1 fully saturated rings. The van der Waals surface area contributed by atoms with E-state index in [-0.39, 0.29) is 6.03 Å². The van der Waals surface area contributed by atoms with Gasteiger partial charge in [0.15, 0.2) is 11.6 Å². The standard InChI is InChI=1S/C20H28N6O/c1-4-24(5-2)18-10-11-19(23-22-18)25-12-14-26(15-13-25)20(27)21-17-9-7-6-8-16(17)3/h6-11H,4-5,12-15H2,1-3H3,(H,21,27). The number of para-hydroxylation sites is 1. The average Bonchev–Trinajstić information content (AvgIpc) is 2.71. The van der Waals surface area contributed by atoms with Gasteiger partial charge in [0.1, 0.15) is 0 Å². The predicted molar refractivity (Wildman–Crippen MR) is 110 cm³/mol. The molecular weight excluding hydrogens is 340 g/mol. The number of piperazine rings is 1. The highest BCUT2D eigenvalue weighted by Crippen LogP contribution is 2.18. The maximum absolute atomic E-state index is 12.5. The van der Waals surface area contributed by atoms with Crippen molar-refractivity contribution in [1.29, 1.82) is 0 Å². The summed E-state index contributed by atoms with van der Waals surface area (Å²) < 4.78 is 0. The number of nitrogens with zero attached hydrogens (tertiary/aromatic N) is 5. The Bertz CT molecular complexity index is 751. The molecule has 7 heteroatoms. The number of carbonyl (C=O) groups is 1. The molecule has 0 saturated carbocycles. The molecule has 2 amide bonds. The Morgan fingerprint density at radius 3 is 2.33 bits per heavy atom. The Kier molecular flexibility index (Phi) is 6.11. The van der Waals surface area contributed by atoms with Crippen LogP contribution in [0.1, 0.15) is 19.4 Å². The van der Waals surface area contributed by atoms with Gasteiger partial charge in [-0.3, -0.25) is 0 Å². The van der Waals surface area contributed by atoms with Crippen molar-refractivity contribution >= 4 is 23.4 Å². The number of benzene rings is 1. The van der Waals surface area contributed by atoms with Gasteiger partial charge >= 0.3 is 6.03 Å². The third kappa shape index (κ3) is 4.48. The van der Waals surface area contributed by atoms with E-state index in [1.165, 1.54) is 0 Å². The van der Waals surface area contributed by atoms with Crippen molar-refractivity contribution in [3.05, 3.63) is 42.0 Å². The number of hydrogen-bond acceptors (Lipinski definition) is 5. The molecule has 0 unspecified atom stereocenters. The number of carbonyl (C=O) groups excluding carboxylic acids is 1. The number of hydrogen-bond donors (Lipinski definition) is 1. The van der Waals surface area contributed by atoms with E-state index in [4.69, 9.17) is 0 Å². The summed E-state index contributed by atoms with van der Waals surface area (Å²) in [5.41, 5.74) is 1.93. The van der Waals surface area contributed by atoms with Crippen LogP contribution in [0, 0.1) is 6.92 Å². The molecule has 1 aliphatic rings. The van der Waals surface area contributed by atoms with Crippen molar-refractivity contribution < 1.29 is 4.79 Å². The monoisotopic (exact) mass is 368 g/mol. The molecule has 1 aliphatic heterocycles. The summed E-state index contributed by atoms with van der Waals surface area (Å²) in [5.74, 6) is 1.77. The van der Waals surface area contributed by atoms with Gasteiger partial charge < -0.3 is 20.0 Å². The summed E-state index contributed by atoms with van der Waals surface area (Å²) in [6.07, 6.45) is 0. The molecular formula is C20H28N6O. The Balaban J connectivity index is 1.55. The fourth-order valence-electron chi connectivity index (χ4n) is 3.25. The summed E-state index contributed by atoms with van der Waals surface area (Å²) in [7, 11) is 0. The topological polar surface area (TPSA) is 64.6 Å². The van der Waals surface area contributed by atoms with E-state index in [1.807, 2.05) is 48.2 Å². The first kappa shape index (κ1) is 18.9. The van der Waals surface area contributed by atoms with Crippen molar-refractivity contribution in [2.45, 2.75) is 20.8 Å². The molecule has 0 spiro atoms. The Hall–Kier alpha value is -2.83. The summed E-state index contributed by atoms with van der Waals surface area (Å²) >= 11 is 0. The van der Waals surface area contributed by atoms with Crippen LogP contribution in [0.25, 0.3) is 0 Å². The van der Waals surface area contributed by atoms with Crippen molar-refractivity contribution in [2.24, 2.45) is 0 Å².